The normalized spacial score (nSPS) is 11.7. The van der Waals surface area contributed by atoms with Gasteiger partial charge in [-0.25, -0.2) is 8.42 Å². The highest BCUT2D eigenvalue weighted by Crippen LogP contribution is 2.12. The van der Waals surface area contributed by atoms with Gasteiger partial charge in [0.05, 0.1) is 13.4 Å². The molecule has 0 fully saturated rings. The van der Waals surface area contributed by atoms with Gasteiger partial charge < -0.3 is 10.1 Å². The van der Waals surface area contributed by atoms with Crippen LogP contribution in [0.1, 0.15) is 24.2 Å². The van der Waals surface area contributed by atoms with Crippen LogP contribution >= 0.6 is 0 Å². The highest BCUT2D eigenvalue weighted by atomic mass is 32.2. The molecule has 118 valence electrons. The lowest BCUT2D eigenvalue weighted by Crippen LogP contribution is -2.41. The summed E-state index contributed by atoms with van der Waals surface area (Å²) >= 11 is 0. The van der Waals surface area contributed by atoms with Gasteiger partial charge in [-0.2, -0.15) is 4.31 Å². The van der Waals surface area contributed by atoms with Crippen molar-refractivity contribution in [2.75, 3.05) is 26.5 Å². The van der Waals surface area contributed by atoms with Crippen LogP contribution in [0, 0.1) is 0 Å². The highest BCUT2D eigenvalue weighted by Gasteiger charge is 2.19. The number of carbonyl (C=O) groups is 1. The third kappa shape index (κ3) is 5.35. The molecular formula is C14H22N2O4S. The maximum absolute atomic E-state index is 12.0. The van der Waals surface area contributed by atoms with Crippen molar-refractivity contribution in [2.24, 2.45) is 0 Å². The fourth-order valence-electron chi connectivity index (χ4n) is 1.95. The topological polar surface area (TPSA) is 75.7 Å². The Bertz CT molecular complexity index is 584. The summed E-state index contributed by atoms with van der Waals surface area (Å²) in [4.78, 5) is 12.0. The maximum atomic E-state index is 12.0. The number of hydrogen-bond acceptors (Lipinski definition) is 4. The van der Waals surface area contributed by atoms with Crippen LogP contribution in [0.25, 0.3) is 0 Å². The van der Waals surface area contributed by atoms with Gasteiger partial charge in [-0.15, -0.1) is 0 Å². The van der Waals surface area contributed by atoms with Gasteiger partial charge in [0, 0.05) is 24.7 Å². The summed E-state index contributed by atoms with van der Waals surface area (Å²) in [5, 5.41) is 2.71. The predicted molar refractivity (Wildman–Crippen MR) is 82.0 cm³/mol. The van der Waals surface area contributed by atoms with Gasteiger partial charge in [0.25, 0.3) is 5.91 Å². The lowest BCUT2D eigenvalue weighted by atomic mass is 10.2. The Morgan fingerprint density at radius 1 is 1.38 bits per heavy atom. The monoisotopic (exact) mass is 314 g/mol. The molecule has 0 saturated carbocycles. The third-order valence-corrected chi connectivity index (χ3v) is 4.41. The Morgan fingerprint density at radius 2 is 2.05 bits per heavy atom. The molecular weight excluding hydrogens is 292 g/mol. The second-order valence-electron chi connectivity index (χ2n) is 4.96. The molecule has 0 bridgehead atoms. The summed E-state index contributed by atoms with van der Waals surface area (Å²) in [6.07, 6.45) is 1.16. The number of methoxy groups -OCH3 is 1. The van der Waals surface area contributed by atoms with E-state index >= 15 is 0 Å². The molecule has 1 rings (SSSR count). The summed E-state index contributed by atoms with van der Waals surface area (Å²) in [5.41, 5.74) is 0.477. The van der Waals surface area contributed by atoms with Crippen molar-refractivity contribution in [3.63, 3.8) is 0 Å². The average molecular weight is 314 g/mol. The predicted octanol–water partition coefficient (Wildman–Crippen LogP) is 1.10. The van der Waals surface area contributed by atoms with Gasteiger partial charge in [-0.3, -0.25) is 4.79 Å². The second-order valence-corrected chi connectivity index (χ2v) is 6.89. The summed E-state index contributed by atoms with van der Waals surface area (Å²) < 4.78 is 29.6. The Labute approximate surface area is 126 Å². The van der Waals surface area contributed by atoms with Crippen LogP contribution in [0.2, 0.25) is 0 Å². The van der Waals surface area contributed by atoms with E-state index in [2.05, 4.69) is 5.32 Å². The van der Waals surface area contributed by atoms with Crippen LogP contribution in [0.15, 0.2) is 24.3 Å². The molecule has 0 spiro atoms. The first-order chi connectivity index (χ1) is 9.75. The summed E-state index contributed by atoms with van der Waals surface area (Å²) in [6, 6.07) is 6.64. The van der Waals surface area contributed by atoms with E-state index in [0.29, 0.717) is 11.3 Å². The molecule has 1 aromatic carbocycles. The van der Waals surface area contributed by atoms with E-state index in [1.165, 1.54) is 11.4 Å². The maximum Gasteiger partial charge on any atom is 0.251 e. The van der Waals surface area contributed by atoms with Gasteiger partial charge in [-0.1, -0.05) is 6.07 Å². The van der Waals surface area contributed by atoms with Crippen molar-refractivity contribution in [3.05, 3.63) is 29.8 Å². The zero-order chi connectivity index (χ0) is 16.0. The first-order valence-corrected chi connectivity index (χ1v) is 8.49. The van der Waals surface area contributed by atoms with Crippen LogP contribution in [0.5, 0.6) is 5.75 Å². The van der Waals surface area contributed by atoms with Crippen LogP contribution in [0.3, 0.4) is 0 Å². The van der Waals surface area contributed by atoms with Crippen molar-refractivity contribution in [1.82, 2.24) is 9.62 Å². The second kappa shape index (κ2) is 7.42. The average Bonchev–Trinajstić information content (AvgIpc) is 2.41. The molecule has 0 aliphatic rings. The summed E-state index contributed by atoms with van der Waals surface area (Å²) in [6.45, 7) is 4.09. The fourth-order valence-corrected chi connectivity index (χ4v) is 3.14. The van der Waals surface area contributed by atoms with E-state index in [-0.39, 0.29) is 25.0 Å². The molecule has 1 N–H and O–H groups in total. The molecule has 0 atom stereocenters. The zero-order valence-corrected chi connectivity index (χ0v) is 13.6. The number of amides is 1. The minimum atomic E-state index is -3.28. The van der Waals surface area contributed by atoms with Crippen molar-refractivity contribution < 1.29 is 17.9 Å². The molecule has 6 nitrogen and oxygen atoms in total. The number of ether oxygens (including phenoxy) is 1. The van der Waals surface area contributed by atoms with E-state index in [4.69, 9.17) is 4.74 Å². The number of sulfonamides is 1. The number of benzene rings is 1. The number of hydrogen-bond donors (Lipinski definition) is 1. The van der Waals surface area contributed by atoms with E-state index in [9.17, 15) is 13.2 Å². The van der Waals surface area contributed by atoms with Crippen LogP contribution < -0.4 is 10.1 Å². The molecule has 0 aromatic heterocycles. The van der Waals surface area contributed by atoms with Crippen molar-refractivity contribution >= 4 is 15.9 Å². The third-order valence-electron chi connectivity index (χ3n) is 2.95. The molecule has 21 heavy (non-hydrogen) atoms. The van der Waals surface area contributed by atoms with Crippen LogP contribution in [-0.2, 0) is 10.0 Å². The van der Waals surface area contributed by atoms with E-state index < -0.39 is 10.0 Å². The van der Waals surface area contributed by atoms with E-state index in [0.717, 1.165) is 6.26 Å². The molecule has 0 radical (unpaired) electrons. The van der Waals surface area contributed by atoms with Gasteiger partial charge in [-0.05, 0) is 32.0 Å². The van der Waals surface area contributed by atoms with E-state index in [1.807, 2.05) is 0 Å². The summed E-state index contributed by atoms with van der Waals surface area (Å²) in [5.74, 6) is 0.341. The molecule has 1 amide bonds. The smallest absolute Gasteiger partial charge is 0.251 e. The molecule has 0 saturated heterocycles. The standard InChI is InChI=1S/C14H22N2O4S/c1-11(2)16(21(4,18)19)9-8-15-14(17)12-6-5-7-13(10-12)20-3/h5-7,10-11H,8-9H2,1-4H3,(H,15,17). The first-order valence-electron chi connectivity index (χ1n) is 6.64. The molecule has 7 heteroatoms. The van der Waals surface area contributed by atoms with E-state index in [1.54, 1.807) is 38.1 Å². The highest BCUT2D eigenvalue weighted by molar-refractivity contribution is 7.88. The molecule has 0 unspecified atom stereocenters. The number of nitrogens with one attached hydrogen (secondary N) is 1. The van der Waals surface area contributed by atoms with Crippen molar-refractivity contribution in [2.45, 2.75) is 19.9 Å². The number of rotatable bonds is 7. The SMILES string of the molecule is COc1cccc(C(=O)NCCN(C(C)C)S(C)(=O)=O)c1. The molecule has 0 aliphatic carbocycles. The molecule has 0 aliphatic heterocycles. The lowest BCUT2D eigenvalue weighted by molar-refractivity contribution is 0.0950. The van der Waals surface area contributed by atoms with Crippen molar-refractivity contribution in [3.8, 4) is 5.75 Å². The number of carbonyl (C=O) groups excluding carboxylic acids is 1. The van der Waals surface area contributed by atoms with Gasteiger partial charge in [0.15, 0.2) is 0 Å². The Kier molecular flexibility index (Phi) is 6.17. The van der Waals surface area contributed by atoms with Gasteiger partial charge in [0.2, 0.25) is 10.0 Å². The van der Waals surface area contributed by atoms with Crippen LogP contribution in [-0.4, -0.2) is 51.1 Å². The van der Waals surface area contributed by atoms with Gasteiger partial charge >= 0.3 is 0 Å². The van der Waals surface area contributed by atoms with Crippen LogP contribution in [0.4, 0.5) is 0 Å². The minimum absolute atomic E-state index is 0.145. The Hall–Kier alpha value is -1.60. The minimum Gasteiger partial charge on any atom is -0.497 e. The Balaban J connectivity index is 2.60. The molecule has 0 heterocycles. The molecule has 1 aromatic rings. The van der Waals surface area contributed by atoms with Crippen molar-refractivity contribution in [1.29, 1.82) is 0 Å². The largest absolute Gasteiger partial charge is 0.497 e. The summed E-state index contributed by atoms with van der Waals surface area (Å²) in [7, 11) is -1.74. The number of nitrogens with zero attached hydrogens (tertiary/aromatic N) is 1. The lowest BCUT2D eigenvalue weighted by Gasteiger charge is -2.23. The Morgan fingerprint density at radius 3 is 2.57 bits per heavy atom. The first kappa shape index (κ1) is 17.5. The fraction of sp³-hybridized carbons (Fsp3) is 0.500. The van der Waals surface area contributed by atoms with Gasteiger partial charge in [0.1, 0.15) is 5.75 Å². The quantitative estimate of drug-likeness (QED) is 0.817. The zero-order valence-electron chi connectivity index (χ0n) is 12.8.